The van der Waals surface area contributed by atoms with Crippen LogP contribution >= 0.6 is 22.7 Å². The highest BCUT2D eigenvalue weighted by Crippen LogP contribution is 2.30. The zero-order valence-electron chi connectivity index (χ0n) is 22.2. The molecule has 4 aromatic rings. The van der Waals surface area contributed by atoms with E-state index in [4.69, 9.17) is 34.4 Å². The van der Waals surface area contributed by atoms with Crippen LogP contribution in [0.25, 0.3) is 0 Å². The fraction of sp³-hybridized carbons (Fsp3) is 0.321. The van der Waals surface area contributed by atoms with Crippen LogP contribution in [0.1, 0.15) is 41.0 Å². The maximum atomic E-state index is 5.64. The number of anilines is 7. The molecule has 12 N–H and O–H groups in total. The van der Waals surface area contributed by atoms with Crippen molar-refractivity contribution >= 4 is 60.6 Å². The topological polar surface area (TPSA) is 172 Å². The average molecular weight is 553 g/mol. The van der Waals surface area contributed by atoms with Gasteiger partial charge in [-0.2, -0.15) is 0 Å². The van der Waals surface area contributed by atoms with Gasteiger partial charge in [0.2, 0.25) is 0 Å². The summed E-state index contributed by atoms with van der Waals surface area (Å²) in [6, 6.07) is 15.0. The van der Waals surface area contributed by atoms with Crippen molar-refractivity contribution in [3.05, 3.63) is 70.2 Å². The van der Waals surface area contributed by atoms with Crippen LogP contribution in [-0.4, -0.2) is 18.1 Å². The van der Waals surface area contributed by atoms with Crippen LogP contribution in [-0.2, 0) is 12.8 Å². The largest absolute Gasteiger partial charge is 0.399 e. The number of nitrogen functional groups attached to an aromatic ring is 6. The van der Waals surface area contributed by atoms with Crippen molar-refractivity contribution in [1.82, 2.24) is 4.98 Å². The molecule has 0 spiro atoms. The molecule has 0 atom stereocenters. The fourth-order valence-electron chi connectivity index (χ4n) is 4.06. The Morgan fingerprint density at radius 3 is 1.71 bits per heavy atom. The van der Waals surface area contributed by atoms with E-state index >= 15 is 0 Å². The first-order chi connectivity index (χ1) is 18.1. The predicted molar refractivity (Wildman–Crippen MR) is 169 cm³/mol. The standard InChI is InChI=1S/C8H12N2S.2C7H10N2.C6H8N2S/c9-7-3-4-8(11-7)10-5-1-2-6-10;2*1-5-4-6(8)2-3-7(5)9;7-6-8-4-2-1-3-5(4)9-6/h3-4H,1-2,5-6,9H2;2*2-4H,8-9H2,1H3;1-3H2,(H2,7,8). The molecular formula is C28H40N8S2. The number of aryl methyl sites for hydroxylation is 4. The van der Waals surface area contributed by atoms with Crippen LogP contribution in [0.2, 0.25) is 0 Å². The minimum Gasteiger partial charge on any atom is -0.399 e. The van der Waals surface area contributed by atoms with Gasteiger partial charge in [-0.1, -0.05) is 0 Å². The molecule has 2 aromatic heterocycles. The molecule has 1 aliphatic carbocycles. The first kappa shape index (κ1) is 28.9. The number of fused-ring (bicyclic) bond motifs is 1. The lowest BCUT2D eigenvalue weighted by Crippen LogP contribution is -2.15. The van der Waals surface area contributed by atoms with Crippen molar-refractivity contribution in [1.29, 1.82) is 0 Å². The Hall–Kier alpha value is -3.63. The Bertz CT molecular complexity index is 1240. The molecule has 38 heavy (non-hydrogen) atoms. The molecular weight excluding hydrogens is 512 g/mol. The first-order valence-corrected chi connectivity index (χ1v) is 14.3. The quantitative estimate of drug-likeness (QED) is 0.169. The van der Waals surface area contributed by atoms with Gasteiger partial charge in [-0.15, -0.1) is 22.7 Å². The molecule has 2 aliphatic rings. The number of thiazole rings is 1. The summed E-state index contributed by atoms with van der Waals surface area (Å²) in [4.78, 5) is 8.00. The van der Waals surface area contributed by atoms with Crippen molar-refractivity contribution in [3.8, 4) is 0 Å². The van der Waals surface area contributed by atoms with Crippen molar-refractivity contribution in [2.75, 3.05) is 52.4 Å². The number of nitrogens with zero attached hydrogens (tertiary/aromatic N) is 2. The first-order valence-electron chi connectivity index (χ1n) is 12.7. The summed E-state index contributed by atoms with van der Waals surface area (Å²) in [5.74, 6) is 0. The van der Waals surface area contributed by atoms with Gasteiger partial charge >= 0.3 is 0 Å². The van der Waals surface area contributed by atoms with Gasteiger partial charge in [0, 0.05) is 40.7 Å². The lowest BCUT2D eigenvalue weighted by atomic mass is 10.2. The zero-order chi connectivity index (χ0) is 27.7. The van der Waals surface area contributed by atoms with Crippen LogP contribution in [0.3, 0.4) is 0 Å². The van der Waals surface area contributed by atoms with Crippen molar-refractivity contribution in [2.24, 2.45) is 0 Å². The van der Waals surface area contributed by atoms with E-state index in [1.165, 1.54) is 54.3 Å². The van der Waals surface area contributed by atoms with E-state index in [1.807, 2.05) is 44.2 Å². The molecule has 0 radical (unpaired) electrons. The lowest BCUT2D eigenvalue weighted by Gasteiger charge is -2.13. The van der Waals surface area contributed by atoms with Crippen LogP contribution in [0, 0.1) is 13.8 Å². The molecule has 204 valence electrons. The van der Waals surface area contributed by atoms with E-state index in [9.17, 15) is 0 Å². The molecule has 1 saturated heterocycles. The Balaban J connectivity index is 0.000000141. The summed E-state index contributed by atoms with van der Waals surface area (Å²) < 4.78 is 0. The molecule has 2 aromatic carbocycles. The molecule has 3 heterocycles. The molecule has 0 saturated carbocycles. The SMILES string of the molecule is Cc1cc(N)ccc1N.Cc1cc(N)ccc1N.Nc1ccc(N2CCCC2)s1.Nc1nc2c(s1)CCC2. The molecule has 8 nitrogen and oxygen atoms in total. The van der Waals surface area contributed by atoms with Gasteiger partial charge in [0.25, 0.3) is 0 Å². The number of nitrogens with two attached hydrogens (primary N) is 6. The summed E-state index contributed by atoms with van der Waals surface area (Å²) in [5, 5.41) is 2.99. The minimum atomic E-state index is 0.736. The highest BCUT2D eigenvalue weighted by molar-refractivity contribution is 7.19. The van der Waals surface area contributed by atoms with Gasteiger partial charge in [0.05, 0.1) is 15.7 Å². The Labute approximate surface area is 233 Å². The third-order valence-corrected chi connectivity index (χ3v) is 8.19. The maximum Gasteiger partial charge on any atom is 0.180 e. The number of aromatic nitrogens is 1. The van der Waals surface area contributed by atoms with Crippen molar-refractivity contribution < 1.29 is 0 Å². The number of rotatable bonds is 1. The smallest absolute Gasteiger partial charge is 0.180 e. The van der Waals surface area contributed by atoms with E-state index < -0.39 is 0 Å². The highest BCUT2D eigenvalue weighted by atomic mass is 32.1. The zero-order valence-corrected chi connectivity index (χ0v) is 23.9. The van der Waals surface area contributed by atoms with E-state index in [0.29, 0.717) is 0 Å². The van der Waals surface area contributed by atoms with Crippen LogP contribution in [0.15, 0.2) is 48.5 Å². The van der Waals surface area contributed by atoms with Gasteiger partial charge < -0.3 is 39.3 Å². The molecule has 1 fully saturated rings. The summed E-state index contributed by atoms with van der Waals surface area (Å²) in [6.45, 7) is 6.29. The van der Waals surface area contributed by atoms with Gasteiger partial charge in [-0.3, -0.25) is 0 Å². The van der Waals surface area contributed by atoms with Crippen molar-refractivity contribution in [3.63, 3.8) is 0 Å². The monoisotopic (exact) mass is 552 g/mol. The Kier molecular flexibility index (Phi) is 10.5. The number of hydrogen-bond donors (Lipinski definition) is 6. The van der Waals surface area contributed by atoms with E-state index in [-0.39, 0.29) is 0 Å². The maximum absolute atomic E-state index is 5.64. The van der Waals surface area contributed by atoms with Crippen LogP contribution in [0.5, 0.6) is 0 Å². The number of benzene rings is 2. The van der Waals surface area contributed by atoms with Gasteiger partial charge in [-0.25, -0.2) is 4.98 Å². The lowest BCUT2D eigenvalue weighted by molar-refractivity contribution is 0.900. The number of hydrogen-bond acceptors (Lipinski definition) is 10. The van der Waals surface area contributed by atoms with Gasteiger partial charge in [0.1, 0.15) is 0 Å². The second kappa shape index (κ2) is 13.8. The van der Waals surface area contributed by atoms with Crippen LogP contribution < -0.4 is 39.3 Å². The normalized spacial score (nSPS) is 13.4. The van der Waals surface area contributed by atoms with E-state index in [2.05, 4.69) is 16.0 Å². The molecule has 0 bridgehead atoms. The Morgan fingerprint density at radius 2 is 1.26 bits per heavy atom. The third kappa shape index (κ3) is 8.74. The van der Waals surface area contributed by atoms with E-state index in [1.54, 1.807) is 34.8 Å². The van der Waals surface area contributed by atoms with Crippen LogP contribution in [0.4, 0.5) is 37.9 Å². The summed E-state index contributed by atoms with van der Waals surface area (Å²) in [6.07, 6.45) is 6.28. The minimum absolute atomic E-state index is 0.736. The summed E-state index contributed by atoms with van der Waals surface area (Å²) >= 11 is 3.33. The third-order valence-electron chi connectivity index (χ3n) is 6.23. The molecule has 6 rings (SSSR count). The molecule has 1 aliphatic heterocycles. The number of thiophene rings is 1. The highest BCUT2D eigenvalue weighted by Gasteiger charge is 2.15. The average Bonchev–Trinajstić information content (AvgIpc) is 3.66. The second-order valence-electron chi connectivity index (χ2n) is 9.38. The van der Waals surface area contributed by atoms with Gasteiger partial charge in [-0.05, 0) is 106 Å². The molecule has 0 unspecified atom stereocenters. The van der Waals surface area contributed by atoms with Gasteiger partial charge in [0.15, 0.2) is 5.13 Å². The molecule has 10 heteroatoms. The summed E-state index contributed by atoms with van der Waals surface area (Å²) in [5.41, 5.74) is 39.6. The van der Waals surface area contributed by atoms with E-state index in [0.717, 1.165) is 50.4 Å². The fourth-order valence-corrected chi connectivity index (χ4v) is 5.80. The molecule has 0 amide bonds. The predicted octanol–water partition coefficient (Wildman–Crippen LogP) is 5.46. The Morgan fingerprint density at radius 1 is 0.684 bits per heavy atom. The summed E-state index contributed by atoms with van der Waals surface area (Å²) in [7, 11) is 0. The van der Waals surface area contributed by atoms with Crippen molar-refractivity contribution in [2.45, 2.75) is 46.0 Å². The second-order valence-corrected chi connectivity index (χ2v) is 11.6.